The number of rotatable bonds is 0. The van der Waals surface area contributed by atoms with Crippen LogP contribution in [0, 0.1) is 13.8 Å². The molecule has 2 aliphatic carbocycles. The van der Waals surface area contributed by atoms with E-state index in [1.165, 1.54) is 50.9 Å². The van der Waals surface area contributed by atoms with E-state index in [4.69, 9.17) is 0 Å². The zero-order valence-electron chi connectivity index (χ0n) is 17.2. The number of hydrogen-bond acceptors (Lipinski definition) is 5. The number of thiophene rings is 5. The molecule has 0 N–H and O–H groups in total. The lowest BCUT2D eigenvalue weighted by Gasteiger charge is -2.13. The average Bonchev–Trinajstić information content (AvgIpc) is 3.51. The molecule has 0 amide bonds. The van der Waals surface area contributed by atoms with E-state index in [1.807, 2.05) is 34.0 Å². The quantitative estimate of drug-likeness (QED) is 0.199. The highest BCUT2D eigenvalue weighted by Gasteiger charge is 2.31. The summed E-state index contributed by atoms with van der Waals surface area (Å²) in [6.07, 6.45) is 4.82. The van der Waals surface area contributed by atoms with Crippen molar-refractivity contribution in [1.29, 1.82) is 0 Å². The van der Waals surface area contributed by atoms with Gasteiger partial charge in [-0.25, -0.2) is 0 Å². The second-order valence-corrected chi connectivity index (χ2v) is 14.2. The molecule has 0 nitrogen and oxygen atoms in total. The van der Waals surface area contributed by atoms with Gasteiger partial charge in [-0.1, -0.05) is 12.1 Å². The van der Waals surface area contributed by atoms with Crippen LogP contribution >= 0.6 is 56.7 Å². The Bertz CT molecular complexity index is 1710. The normalized spacial score (nSPS) is 14.9. The summed E-state index contributed by atoms with van der Waals surface area (Å²) in [5, 5.41) is 1.49. The highest BCUT2D eigenvalue weighted by molar-refractivity contribution is 7.36. The van der Waals surface area contributed by atoms with Crippen molar-refractivity contribution in [2.45, 2.75) is 39.5 Å². The third-order valence-electron chi connectivity index (χ3n) is 6.90. The average molecular weight is 491 g/mol. The molecule has 5 heterocycles. The standard InChI is InChI=1S/C26H18S5/c1-11-3-4-13-14-5-6-16-23(21(14)28-18(13)9-11)30-26-17-8-7-15-20-19(10-12(2)27-20)29-22(15)24(17)31-25(16)26/h3-4,9-10H,5-8H2,1-2H3. The summed E-state index contributed by atoms with van der Waals surface area (Å²) in [7, 11) is 0. The van der Waals surface area contributed by atoms with E-state index in [-0.39, 0.29) is 0 Å². The van der Waals surface area contributed by atoms with Gasteiger partial charge in [0.15, 0.2) is 0 Å². The Balaban J connectivity index is 1.36. The van der Waals surface area contributed by atoms with Crippen LogP contribution in [0.25, 0.3) is 48.4 Å². The van der Waals surface area contributed by atoms with Crippen LogP contribution in [0.1, 0.15) is 32.7 Å². The van der Waals surface area contributed by atoms with Gasteiger partial charge < -0.3 is 0 Å². The van der Waals surface area contributed by atoms with Gasteiger partial charge in [-0.15, -0.1) is 56.7 Å². The van der Waals surface area contributed by atoms with Crippen LogP contribution in [-0.4, -0.2) is 0 Å². The summed E-state index contributed by atoms with van der Waals surface area (Å²) in [5.74, 6) is 0. The van der Waals surface area contributed by atoms with Crippen molar-refractivity contribution >= 4 is 85.6 Å². The molecule has 1 aromatic carbocycles. The highest BCUT2D eigenvalue weighted by atomic mass is 32.1. The Morgan fingerprint density at radius 1 is 0.548 bits per heavy atom. The number of benzene rings is 1. The Hall–Kier alpha value is -1.50. The lowest BCUT2D eigenvalue weighted by atomic mass is 9.94. The smallest absolute Gasteiger partial charge is 0.0499 e. The van der Waals surface area contributed by atoms with E-state index in [1.54, 1.807) is 55.9 Å². The topological polar surface area (TPSA) is 0 Å². The van der Waals surface area contributed by atoms with Gasteiger partial charge in [0.05, 0.1) is 0 Å². The lowest BCUT2D eigenvalue weighted by Crippen LogP contribution is -1.98. The Morgan fingerprint density at radius 3 is 1.87 bits per heavy atom. The molecule has 2 aliphatic rings. The molecule has 0 atom stereocenters. The number of fused-ring (bicyclic) bond motifs is 13. The summed E-state index contributed by atoms with van der Waals surface area (Å²) < 4.78 is 7.74. The van der Waals surface area contributed by atoms with Crippen LogP contribution < -0.4 is 0 Å². The van der Waals surface area contributed by atoms with Crippen molar-refractivity contribution in [3.63, 3.8) is 0 Å². The molecule has 5 heteroatoms. The van der Waals surface area contributed by atoms with E-state index < -0.39 is 0 Å². The lowest BCUT2D eigenvalue weighted by molar-refractivity contribution is 0.973. The molecule has 5 aromatic heterocycles. The van der Waals surface area contributed by atoms with Gasteiger partial charge in [0.1, 0.15) is 0 Å². The fraction of sp³-hybridized carbons (Fsp3) is 0.231. The largest absolute Gasteiger partial charge is 0.139 e. The third-order valence-corrected chi connectivity index (χ3v) is 13.6. The summed E-state index contributed by atoms with van der Waals surface area (Å²) in [6.45, 7) is 4.45. The minimum Gasteiger partial charge on any atom is -0.139 e. The first-order valence-electron chi connectivity index (χ1n) is 10.8. The zero-order valence-corrected chi connectivity index (χ0v) is 21.3. The van der Waals surface area contributed by atoms with Gasteiger partial charge in [-0.2, -0.15) is 0 Å². The summed E-state index contributed by atoms with van der Waals surface area (Å²) >= 11 is 10.3. The van der Waals surface area contributed by atoms with Crippen molar-refractivity contribution in [2.75, 3.05) is 0 Å². The molecule has 0 unspecified atom stereocenters. The maximum absolute atomic E-state index is 2.39. The van der Waals surface area contributed by atoms with Crippen LogP contribution in [0.5, 0.6) is 0 Å². The number of hydrogen-bond donors (Lipinski definition) is 0. The van der Waals surface area contributed by atoms with Crippen LogP contribution in [-0.2, 0) is 25.7 Å². The molecule has 0 aliphatic heterocycles. The molecule has 31 heavy (non-hydrogen) atoms. The summed E-state index contributed by atoms with van der Waals surface area (Å²) in [4.78, 5) is 7.77. The molecule has 6 aromatic rings. The van der Waals surface area contributed by atoms with E-state index in [9.17, 15) is 0 Å². The molecule has 0 radical (unpaired) electrons. The summed E-state index contributed by atoms with van der Waals surface area (Å²) in [5.41, 5.74) is 7.90. The second kappa shape index (κ2) is 6.09. The third kappa shape index (κ3) is 2.29. The molecule has 0 saturated carbocycles. The van der Waals surface area contributed by atoms with E-state index in [0.717, 1.165) is 0 Å². The molecular formula is C26H18S5. The fourth-order valence-corrected chi connectivity index (χ4v) is 12.9. The Kier molecular flexibility index (Phi) is 3.53. The predicted octanol–water partition coefficient (Wildman–Crippen LogP) is 9.60. The first-order valence-corrected chi connectivity index (χ1v) is 14.9. The van der Waals surface area contributed by atoms with E-state index >= 15 is 0 Å². The SMILES string of the molecule is Cc1ccc2c3c(sc2c1)-c1sc2c4c(sc2c1CC3)-c1sc2cc(C)sc2c1CC4. The monoisotopic (exact) mass is 490 g/mol. The first kappa shape index (κ1) is 18.0. The van der Waals surface area contributed by atoms with Gasteiger partial charge in [0.2, 0.25) is 0 Å². The van der Waals surface area contributed by atoms with Gasteiger partial charge in [0, 0.05) is 47.9 Å². The molecule has 0 saturated heterocycles. The second-order valence-electron chi connectivity index (χ2n) is 8.85. The van der Waals surface area contributed by atoms with Crippen LogP contribution in [0.15, 0.2) is 24.3 Å². The van der Waals surface area contributed by atoms with Crippen LogP contribution in [0.4, 0.5) is 0 Å². The predicted molar refractivity (Wildman–Crippen MR) is 144 cm³/mol. The van der Waals surface area contributed by atoms with E-state index in [2.05, 4.69) is 60.8 Å². The van der Waals surface area contributed by atoms with Gasteiger partial charge in [-0.05, 0) is 84.9 Å². The molecule has 8 rings (SSSR count). The highest BCUT2D eigenvalue weighted by Crippen LogP contribution is 2.57. The van der Waals surface area contributed by atoms with Crippen molar-refractivity contribution < 1.29 is 0 Å². The molecule has 0 spiro atoms. The minimum absolute atomic E-state index is 1.19. The molecule has 0 fully saturated rings. The Labute approximate surface area is 200 Å². The van der Waals surface area contributed by atoms with Crippen LogP contribution in [0.2, 0.25) is 0 Å². The van der Waals surface area contributed by atoms with Gasteiger partial charge >= 0.3 is 0 Å². The molecule has 0 bridgehead atoms. The zero-order chi connectivity index (χ0) is 20.4. The fourth-order valence-electron chi connectivity index (χ4n) is 5.50. The molecular weight excluding hydrogens is 473 g/mol. The van der Waals surface area contributed by atoms with Gasteiger partial charge in [-0.3, -0.25) is 0 Å². The van der Waals surface area contributed by atoms with Crippen molar-refractivity contribution in [3.8, 4) is 19.5 Å². The van der Waals surface area contributed by atoms with Crippen molar-refractivity contribution in [3.05, 3.63) is 57.0 Å². The molecule has 152 valence electrons. The summed E-state index contributed by atoms with van der Waals surface area (Å²) in [6, 6.07) is 9.40. The first-order chi connectivity index (χ1) is 15.2. The maximum Gasteiger partial charge on any atom is 0.0499 e. The van der Waals surface area contributed by atoms with Crippen LogP contribution in [0.3, 0.4) is 0 Å². The van der Waals surface area contributed by atoms with Crippen molar-refractivity contribution in [1.82, 2.24) is 0 Å². The van der Waals surface area contributed by atoms with Gasteiger partial charge in [0.25, 0.3) is 0 Å². The van der Waals surface area contributed by atoms with Crippen molar-refractivity contribution in [2.24, 2.45) is 0 Å². The maximum atomic E-state index is 2.39. The minimum atomic E-state index is 1.19. The Morgan fingerprint density at radius 2 is 1.13 bits per heavy atom. The number of aryl methyl sites for hydroxylation is 6. The van der Waals surface area contributed by atoms with E-state index in [0.29, 0.717) is 0 Å².